The van der Waals surface area contributed by atoms with Crippen LogP contribution in [0.4, 0.5) is 0 Å². The highest BCUT2D eigenvalue weighted by Crippen LogP contribution is 2.34. The summed E-state index contributed by atoms with van der Waals surface area (Å²) in [6, 6.07) is 8.05. The van der Waals surface area contributed by atoms with E-state index in [1.807, 2.05) is 18.2 Å². The zero-order valence-electron chi connectivity index (χ0n) is 15.8. The minimum atomic E-state index is -3.96. The molecule has 0 aliphatic carbocycles. The van der Waals surface area contributed by atoms with Crippen LogP contribution in [0.3, 0.4) is 0 Å². The second-order valence-corrected chi connectivity index (χ2v) is 7.93. The average Bonchev–Trinajstić information content (AvgIpc) is 3.10. The van der Waals surface area contributed by atoms with Gasteiger partial charge in [0.05, 0.1) is 20.3 Å². The van der Waals surface area contributed by atoms with Crippen molar-refractivity contribution in [1.29, 1.82) is 0 Å². The largest absolute Gasteiger partial charge is 0.496 e. The van der Waals surface area contributed by atoms with E-state index in [1.165, 1.54) is 24.4 Å². The smallest absolute Gasteiger partial charge is 0.341 e. The highest BCUT2D eigenvalue weighted by molar-refractivity contribution is 7.89. The van der Waals surface area contributed by atoms with E-state index in [2.05, 4.69) is 10.1 Å². The molecule has 1 saturated heterocycles. The molecular formula is C18H23ClN2O6S. The van der Waals surface area contributed by atoms with Crippen molar-refractivity contribution in [2.75, 3.05) is 33.9 Å². The average molecular weight is 431 g/mol. The molecule has 1 aromatic heterocycles. The molecule has 1 aliphatic rings. The van der Waals surface area contributed by atoms with Crippen molar-refractivity contribution in [3.8, 4) is 5.75 Å². The number of nitrogens with one attached hydrogen (secondary N) is 1. The van der Waals surface area contributed by atoms with Gasteiger partial charge in [0.2, 0.25) is 5.09 Å². The number of piperazine rings is 1. The molecule has 0 radical (unpaired) electrons. The van der Waals surface area contributed by atoms with Gasteiger partial charge in [-0.1, -0.05) is 18.2 Å². The van der Waals surface area contributed by atoms with Gasteiger partial charge >= 0.3 is 5.97 Å². The van der Waals surface area contributed by atoms with Gasteiger partial charge in [-0.05, 0) is 13.0 Å². The second kappa shape index (κ2) is 8.95. The van der Waals surface area contributed by atoms with E-state index >= 15 is 0 Å². The molecule has 2 heterocycles. The van der Waals surface area contributed by atoms with Gasteiger partial charge in [-0.15, -0.1) is 12.4 Å². The number of para-hydroxylation sites is 1. The number of esters is 1. The number of nitrogens with zero attached hydrogens (tertiary/aromatic N) is 1. The van der Waals surface area contributed by atoms with Crippen LogP contribution in [-0.4, -0.2) is 52.5 Å². The van der Waals surface area contributed by atoms with Gasteiger partial charge in [0.15, 0.2) is 0 Å². The summed E-state index contributed by atoms with van der Waals surface area (Å²) in [5, 5.41) is 2.94. The fraction of sp³-hybridized carbons (Fsp3) is 0.389. The van der Waals surface area contributed by atoms with E-state index in [-0.39, 0.29) is 35.4 Å². The predicted octanol–water partition coefficient (Wildman–Crippen LogP) is 2.14. The number of benzene rings is 1. The zero-order chi connectivity index (χ0) is 19.6. The summed E-state index contributed by atoms with van der Waals surface area (Å²) in [4.78, 5) is 11.8. The lowest BCUT2D eigenvalue weighted by Gasteiger charge is -2.35. The molecule has 1 aromatic carbocycles. The summed E-state index contributed by atoms with van der Waals surface area (Å²) in [5.74, 6) is 0.168. The molecule has 3 rings (SSSR count). The number of aryl methyl sites for hydroxylation is 1. The Kier molecular flexibility index (Phi) is 7.11. The number of hydrogen-bond donors (Lipinski definition) is 1. The third-order valence-corrected chi connectivity index (χ3v) is 6.32. The fourth-order valence-corrected chi connectivity index (χ4v) is 4.77. The monoisotopic (exact) mass is 430 g/mol. The predicted molar refractivity (Wildman–Crippen MR) is 105 cm³/mol. The van der Waals surface area contributed by atoms with Gasteiger partial charge in [-0.3, -0.25) is 0 Å². The summed E-state index contributed by atoms with van der Waals surface area (Å²) in [6.45, 7) is 2.73. The molecule has 0 saturated carbocycles. The third kappa shape index (κ3) is 4.02. The van der Waals surface area contributed by atoms with Crippen LogP contribution in [0, 0.1) is 6.92 Å². The maximum absolute atomic E-state index is 13.3. The van der Waals surface area contributed by atoms with E-state index < -0.39 is 22.0 Å². The fourth-order valence-electron chi connectivity index (χ4n) is 3.19. The molecule has 0 spiro atoms. The maximum atomic E-state index is 13.3. The number of rotatable bonds is 5. The van der Waals surface area contributed by atoms with Gasteiger partial charge in [-0.2, -0.15) is 4.31 Å². The minimum absolute atomic E-state index is 0. The van der Waals surface area contributed by atoms with Crippen LogP contribution in [0.5, 0.6) is 5.75 Å². The highest BCUT2D eigenvalue weighted by atomic mass is 35.5. The molecular weight excluding hydrogens is 408 g/mol. The molecule has 0 bridgehead atoms. The van der Waals surface area contributed by atoms with Crippen molar-refractivity contribution in [3.63, 3.8) is 0 Å². The number of halogens is 1. The van der Waals surface area contributed by atoms with Crippen molar-refractivity contribution in [3.05, 3.63) is 47.2 Å². The van der Waals surface area contributed by atoms with Gasteiger partial charge < -0.3 is 19.2 Å². The Labute approximate surface area is 170 Å². The highest BCUT2D eigenvalue weighted by Gasteiger charge is 2.38. The van der Waals surface area contributed by atoms with Crippen LogP contribution < -0.4 is 10.1 Å². The normalized spacial score (nSPS) is 17.6. The topological polar surface area (TPSA) is 98.1 Å². The summed E-state index contributed by atoms with van der Waals surface area (Å²) in [6.07, 6.45) is 0. The number of furan rings is 1. The number of hydrogen-bond acceptors (Lipinski definition) is 7. The molecule has 1 N–H and O–H groups in total. The van der Waals surface area contributed by atoms with Crippen LogP contribution in [0.2, 0.25) is 0 Å². The molecule has 154 valence electrons. The quantitative estimate of drug-likeness (QED) is 0.725. The SMILES string of the molecule is COC(=O)c1cc(S(=O)(=O)N2CCNCC2c2ccccc2OC)oc1C.Cl. The van der Waals surface area contributed by atoms with Gasteiger partial charge in [0.25, 0.3) is 10.0 Å². The van der Waals surface area contributed by atoms with E-state index in [4.69, 9.17) is 9.15 Å². The molecule has 1 atom stereocenters. The molecule has 1 aliphatic heterocycles. The summed E-state index contributed by atoms with van der Waals surface area (Å²) in [5.41, 5.74) is 0.854. The van der Waals surface area contributed by atoms with E-state index in [1.54, 1.807) is 13.2 Å². The third-order valence-electron chi connectivity index (χ3n) is 4.56. The first-order valence-electron chi connectivity index (χ1n) is 8.44. The van der Waals surface area contributed by atoms with Crippen molar-refractivity contribution >= 4 is 28.4 Å². The summed E-state index contributed by atoms with van der Waals surface area (Å²) < 4.78 is 43.4. The van der Waals surface area contributed by atoms with Gasteiger partial charge in [0, 0.05) is 31.3 Å². The number of ether oxygens (including phenoxy) is 2. The molecule has 0 amide bonds. The van der Waals surface area contributed by atoms with Crippen LogP contribution in [0.25, 0.3) is 0 Å². The number of methoxy groups -OCH3 is 2. The van der Waals surface area contributed by atoms with Crippen molar-refractivity contribution < 1.29 is 27.1 Å². The lowest BCUT2D eigenvalue weighted by atomic mass is 10.0. The van der Waals surface area contributed by atoms with Gasteiger partial charge in [-0.25, -0.2) is 13.2 Å². The standard InChI is InChI=1S/C18H22N2O6S.ClH/c1-12-14(18(21)25-3)10-17(26-12)27(22,23)20-9-8-19-11-15(20)13-6-4-5-7-16(13)24-2;/h4-7,10,15,19H,8-9,11H2,1-3H3;1H. The molecule has 28 heavy (non-hydrogen) atoms. The second-order valence-electron chi connectivity index (χ2n) is 6.10. The Balaban J connectivity index is 0.00000280. The van der Waals surface area contributed by atoms with E-state index in [0.29, 0.717) is 18.8 Å². The molecule has 1 fully saturated rings. The van der Waals surface area contributed by atoms with Crippen molar-refractivity contribution in [2.24, 2.45) is 0 Å². The first-order valence-corrected chi connectivity index (χ1v) is 9.88. The first kappa shape index (κ1) is 22.2. The van der Waals surface area contributed by atoms with Crippen molar-refractivity contribution in [2.45, 2.75) is 18.1 Å². The number of sulfonamides is 1. The lowest BCUT2D eigenvalue weighted by Crippen LogP contribution is -2.48. The summed E-state index contributed by atoms with van der Waals surface area (Å²) in [7, 11) is -1.18. The Morgan fingerprint density at radius 2 is 2.00 bits per heavy atom. The van der Waals surface area contributed by atoms with E-state index in [9.17, 15) is 13.2 Å². The van der Waals surface area contributed by atoms with E-state index in [0.717, 1.165) is 5.56 Å². The van der Waals surface area contributed by atoms with Gasteiger partial charge in [0.1, 0.15) is 17.1 Å². The Hall–Kier alpha value is -2.07. The number of carbonyl (C=O) groups is 1. The Morgan fingerprint density at radius 1 is 1.29 bits per heavy atom. The van der Waals surface area contributed by atoms with Crippen LogP contribution in [0.15, 0.2) is 39.8 Å². The summed E-state index contributed by atoms with van der Waals surface area (Å²) >= 11 is 0. The maximum Gasteiger partial charge on any atom is 0.341 e. The van der Waals surface area contributed by atoms with Crippen LogP contribution >= 0.6 is 12.4 Å². The molecule has 8 nitrogen and oxygen atoms in total. The zero-order valence-corrected chi connectivity index (χ0v) is 17.4. The Bertz CT molecular complexity index is 943. The Morgan fingerprint density at radius 3 is 2.68 bits per heavy atom. The molecule has 1 unspecified atom stereocenters. The molecule has 2 aromatic rings. The van der Waals surface area contributed by atoms with Crippen LogP contribution in [0.1, 0.15) is 27.7 Å². The number of carbonyl (C=O) groups excluding carboxylic acids is 1. The lowest BCUT2D eigenvalue weighted by molar-refractivity contribution is 0.0598. The molecule has 10 heteroatoms. The van der Waals surface area contributed by atoms with Crippen LogP contribution in [-0.2, 0) is 14.8 Å². The minimum Gasteiger partial charge on any atom is -0.496 e. The van der Waals surface area contributed by atoms with Crippen molar-refractivity contribution in [1.82, 2.24) is 9.62 Å². The first-order chi connectivity index (χ1) is 12.9.